The van der Waals surface area contributed by atoms with E-state index in [0.29, 0.717) is 0 Å². The molecular formula is C14H16Cl6N2O2. The van der Waals surface area contributed by atoms with Gasteiger partial charge >= 0.3 is 0 Å². The maximum atomic E-state index is 12.6. The van der Waals surface area contributed by atoms with Gasteiger partial charge in [-0.1, -0.05) is 83.5 Å². The predicted molar refractivity (Wildman–Crippen MR) is 104 cm³/mol. The highest BCUT2D eigenvalue weighted by Gasteiger charge is 2.28. The number of halogens is 6. The lowest BCUT2D eigenvalue weighted by molar-refractivity contribution is 0.675. The molecular weight excluding hydrogens is 441 g/mol. The molecule has 0 N–H and O–H groups in total. The molecule has 4 nitrogen and oxygen atoms in total. The van der Waals surface area contributed by atoms with Crippen LogP contribution < -0.4 is 21.8 Å². The number of rotatable bonds is 2. The van der Waals surface area contributed by atoms with Crippen molar-refractivity contribution in [1.29, 1.82) is 0 Å². The van der Waals surface area contributed by atoms with Crippen molar-refractivity contribution in [3.63, 3.8) is 0 Å². The Morgan fingerprint density at radius 2 is 1.00 bits per heavy atom. The summed E-state index contributed by atoms with van der Waals surface area (Å²) in [7, 11) is 2.91. The van der Waals surface area contributed by atoms with Crippen LogP contribution in [0.3, 0.4) is 0 Å². The van der Waals surface area contributed by atoms with Gasteiger partial charge in [-0.15, -0.1) is 0 Å². The van der Waals surface area contributed by atoms with Crippen LogP contribution in [0.15, 0.2) is 9.59 Å². The van der Waals surface area contributed by atoms with E-state index in [0.717, 1.165) is 0 Å². The van der Waals surface area contributed by atoms with E-state index in [1.54, 1.807) is 13.8 Å². The highest BCUT2D eigenvalue weighted by Crippen LogP contribution is 2.36. The lowest BCUT2D eigenvalue weighted by atomic mass is 10.2. The smallest absolute Gasteiger partial charge is 0.274 e. The third kappa shape index (κ3) is 5.09. The third-order valence-corrected chi connectivity index (χ3v) is 5.68. The number of aromatic nitrogens is 2. The Balaban J connectivity index is 3.78. The first-order chi connectivity index (χ1) is 10.7. The van der Waals surface area contributed by atoms with Crippen molar-refractivity contribution in [1.82, 2.24) is 9.13 Å². The van der Waals surface area contributed by atoms with E-state index in [4.69, 9.17) is 69.6 Å². The zero-order valence-electron chi connectivity index (χ0n) is 13.3. The lowest BCUT2D eigenvalue weighted by Crippen LogP contribution is -2.57. The largest absolute Gasteiger partial charge is 0.306 e. The van der Waals surface area contributed by atoms with Gasteiger partial charge in [0, 0.05) is 25.9 Å². The van der Waals surface area contributed by atoms with Gasteiger partial charge in [-0.2, -0.15) is 0 Å². The van der Waals surface area contributed by atoms with Crippen LogP contribution in [0.5, 0.6) is 0 Å². The third-order valence-electron chi connectivity index (χ3n) is 3.62. The van der Waals surface area contributed by atoms with Crippen LogP contribution in [0.4, 0.5) is 0 Å². The summed E-state index contributed by atoms with van der Waals surface area (Å²) < 4.78 is -0.829. The average Bonchev–Trinajstić information content (AvgIpc) is 2.43. The summed E-state index contributed by atoms with van der Waals surface area (Å²) in [5.41, 5.74) is -0.859. The first-order valence-corrected chi connectivity index (χ1v) is 9.07. The number of hydrogen-bond acceptors (Lipinski definition) is 2. The van der Waals surface area contributed by atoms with Crippen molar-refractivity contribution < 1.29 is 0 Å². The molecule has 0 aliphatic carbocycles. The molecule has 0 saturated carbocycles. The maximum Gasteiger partial charge on any atom is 0.274 e. The fourth-order valence-corrected chi connectivity index (χ4v) is 2.26. The Bertz CT molecular complexity index is 773. The summed E-state index contributed by atoms with van der Waals surface area (Å²) in [6.07, 6.45) is 2.89. The molecule has 2 atom stereocenters. The normalized spacial score (nSPS) is 17.2. The van der Waals surface area contributed by atoms with Crippen LogP contribution in [-0.4, -0.2) is 16.7 Å². The quantitative estimate of drug-likeness (QED) is 0.642. The molecule has 1 heterocycles. The van der Waals surface area contributed by atoms with Gasteiger partial charge in [-0.05, 0) is 12.2 Å². The van der Waals surface area contributed by atoms with E-state index in [9.17, 15) is 9.59 Å². The van der Waals surface area contributed by atoms with E-state index in [2.05, 4.69) is 0 Å². The van der Waals surface area contributed by atoms with E-state index in [1.165, 1.54) is 35.4 Å². The number of nitrogens with zero attached hydrogens (tertiary/aromatic N) is 2. The van der Waals surface area contributed by atoms with Crippen LogP contribution in [0, 0.1) is 11.8 Å². The zero-order valence-corrected chi connectivity index (χ0v) is 17.8. The molecule has 0 spiro atoms. The van der Waals surface area contributed by atoms with Gasteiger partial charge in [-0.25, -0.2) is 0 Å². The minimum absolute atomic E-state index is 0.111. The van der Waals surface area contributed by atoms with Crippen LogP contribution in [0.2, 0.25) is 0 Å². The Labute approximate surface area is 169 Å². The van der Waals surface area contributed by atoms with Gasteiger partial charge < -0.3 is 9.13 Å². The highest BCUT2D eigenvalue weighted by molar-refractivity contribution is 6.68. The van der Waals surface area contributed by atoms with Gasteiger partial charge in [0.2, 0.25) is 0 Å². The Hall–Kier alpha value is 0.160. The molecule has 10 heteroatoms. The van der Waals surface area contributed by atoms with Gasteiger partial charge in [0.15, 0.2) is 7.59 Å². The van der Waals surface area contributed by atoms with E-state index < -0.39 is 30.5 Å². The fourth-order valence-electron chi connectivity index (χ4n) is 1.88. The molecule has 136 valence electrons. The summed E-state index contributed by atoms with van der Waals surface area (Å²) in [6.45, 7) is 3.25. The number of hydrogen-bond donors (Lipinski definition) is 0. The van der Waals surface area contributed by atoms with Crippen LogP contribution in [0.25, 0.3) is 12.2 Å². The molecule has 24 heavy (non-hydrogen) atoms. The predicted octanol–water partition coefficient (Wildman–Crippen LogP) is 2.66. The van der Waals surface area contributed by atoms with Crippen molar-refractivity contribution in [2.24, 2.45) is 25.9 Å². The summed E-state index contributed by atoms with van der Waals surface area (Å²) in [5, 5.41) is 0.222. The zero-order chi connectivity index (χ0) is 19.0. The molecule has 1 aromatic heterocycles. The summed E-state index contributed by atoms with van der Waals surface area (Å²) in [4.78, 5) is 25.2. The summed E-state index contributed by atoms with van der Waals surface area (Å²) in [6, 6.07) is 0. The van der Waals surface area contributed by atoms with Gasteiger partial charge in [-0.3, -0.25) is 9.59 Å². The summed E-state index contributed by atoms with van der Waals surface area (Å²) >= 11 is 34.9. The molecule has 0 aliphatic rings. The molecule has 1 rings (SSSR count). The van der Waals surface area contributed by atoms with Gasteiger partial charge in [0.25, 0.3) is 11.1 Å². The second kappa shape index (κ2) is 7.81. The molecule has 0 aromatic carbocycles. The topological polar surface area (TPSA) is 44.0 Å². The lowest BCUT2D eigenvalue weighted by Gasteiger charge is -2.17. The maximum absolute atomic E-state index is 12.6. The molecule has 1 aromatic rings. The Morgan fingerprint density at radius 3 is 1.21 bits per heavy atom. The van der Waals surface area contributed by atoms with Crippen molar-refractivity contribution in [3.8, 4) is 0 Å². The number of alkyl halides is 6. The molecule has 0 unspecified atom stereocenters. The van der Waals surface area contributed by atoms with Crippen LogP contribution in [-0.2, 0) is 14.1 Å². The fraction of sp³-hybridized carbons (Fsp3) is 0.571. The molecule has 0 fully saturated rings. The van der Waals surface area contributed by atoms with Crippen molar-refractivity contribution >= 4 is 81.8 Å². The Morgan fingerprint density at radius 1 is 0.750 bits per heavy atom. The molecule has 0 aliphatic heterocycles. The first kappa shape index (κ1) is 22.2. The van der Waals surface area contributed by atoms with Crippen molar-refractivity contribution in [2.45, 2.75) is 21.4 Å². The average molecular weight is 457 g/mol. The van der Waals surface area contributed by atoms with Crippen LogP contribution in [0.1, 0.15) is 13.8 Å². The molecule has 0 amide bonds. The highest BCUT2D eigenvalue weighted by atomic mass is 35.6. The van der Waals surface area contributed by atoms with Gasteiger partial charge in [0.1, 0.15) is 10.7 Å². The molecule has 0 radical (unpaired) electrons. The van der Waals surface area contributed by atoms with Crippen LogP contribution >= 0.6 is 69.6 Å². The molecule has 0 bridgehead atoms. The standard InChI is InChI=1S/C14H16Cl6N2O2/c1-7(13(15,16)17)5-9-11(23)22(4)10(12(24)21(9)3)6-8(2)14(18,19)20/h5-8H,1-4H3/b9-5-,10-6-/t7-,8-/m0/s1. The Kier molecular flexibility index (Phi) is 7.22. The van der Waals surface area contributed by atoms with Gasteiger partial charge in [0.05, 0.1) is 0 Å². The SMILES string of the molecule is C[C@@H](/C=c1/c(=O)n(C)/c(=C\[C@H](C)C(Cl)(Cl)Cl)c(=O)n1C)C(Cl)(Cl)Cl. The van der Waals surface area contributed by atoms with E-state index in [1.807, 2.05) is 0 Å². The first-order valence-electron chi connectivity index (χ1n) is 6.81. The minimum Gasteiger partial charge on any atom is -0.306 e. The molecule has 0 saturated heterocycles. The van der Waals surface area contributed by atoms with Crippen molar-refractivity contribution in [3.05, 3.63) is 31.4 Å². The van der Waals surface area contributed by atoms with E-state index in [-0.39, 0.29) is 10.7 Å². The second-order valence-electron chi connectivity index (χ2n) is 5.49. The van der Waals surface area contributed by atoms with E-state index >= 15 is 0 Å². The monoisotopic (exact) mass is 454 g/mol. The second-order valence-corrected chi connectivity index (χ2v) is 10.2. The minimum atomic E-state index is -1.60. The summed E-state index contributed by atoms with van der Waals surface area (Å²) in [5.74, 6) is -1.17. The van der Waals surface area contributed by atoms with Crippen molar-refractivity contribution in [2.75, 3.05) is 0 Å².